The van der Waals surface area contributed by atoms with Crippen LogP contribution in [0, 0.1) is 20.8 Å². The van der Waals surface area contributed by atoms with Gasteiger partial charge in [0.2, 0.25) is 0 Å². The van der Waals surface area contributed by atoms with Crippen LogP contribution in [0.4, 0.5) is 5.69 Å². The summed E-state index contributed by atoms with van der Waals surface area (Å²) < 4.78 is 5.42. The third-order valence-electron chi connectivity index (χ3n) is 5.68. The van der Waals surface area contributed by atoms with Crippen molar-refractivity contribution < 1.29 is 9.53 Å². The fourth-order valence-electron chi connectivity index (χ4n) is 3.87. The summed E-state index contributed by atoms with van der Waals surface area (Å²) in [6.45, 7) is 11.2. The quantitative estimate of drug-likeness (QED) is 0.685. The normalized spacial score (nSPS) is 15.0. The Morgan fingerprint density at radius 2 is 1.74 bits per heavy atom. The molecule has 162 valence electrons. The number of carbonyl (C=O) groups is 1. The van der Waals surface area contributed by atoms with E-state index in [4.69, 9.17) is 4.74 Å². The Kier molecular flexibility index (Phi) is 6.04. The Labute approximate surface area is 183 Å². The number of nitrogens with zero attached hydrogens (tertiary/aromatic N) is 4. The van der Waals surface area contributed by atoms with Crippen LogP contribution in [0.5, 0.6) is 0 Å². The molecular weight excluding hydrogens is 390 g/mol. The lowest BCUT2D eigenvalue weighted by Gasteiger charge is -2.29. The predicted molar refractivity (Wildman–Crippen MR) is 121 cm³/mol. The van der Waals surface area contributed by atoms with E-state index in [0.29, 0.717) is 11.4 Å². The molecule has 1 aliphatic rings. The Balaban J connectivity index is 1.46. The van der Waals surface area contributed by atoms with Crippen LogP contribution in [0.3, 0.4) is 0 Å². The minimum Gasteiger partial charge on any atom is -0.378 e. The second kappa shape index (κ2) is 8.89. The van der Waals surface area contributed by atoms with Crippen molar-refractivity contribution in [1.29, 1.82) is 0 Å². The Morgan fingerprint density at radius 3 is 2.42 bits per heavy atom. The van der Waals surface area contributed by atoms with E-state index in [-0.39, 0.29) is 11.9 Å². The molecule has 4 rings (SSSR count). The van der Waals surface area contributed by atoms with Gasteiger partial charge >= 0.3 is 0 Å². The van der Waals surface area contributed by atoms with Crippen molar-refractivity contribution in [2.45, 2.75) is 33.7 Å². The molecule has 7 heteroatoms. The predicted octanol–water partition coefficient (Wildman–Crippen LogP) is 3.52. The number of hydrogen-bond acceptors (Lipinski definition) is 5. The van der Waals surface area contributed by atoms with Gasteiger partial charge in [-0.3, -0.25) is 4.79 Å². The van der Waals surface area contributed by atoms with Gasteiger partial charge in [0.05, 0.1) is 30.6 Å². The molecule has 2 heterocycles. The number of benzene rings is 2. The van der Waals surface area contributed by atoms with Crippen molar-refractivity contribution >= 4 is 11.6 Å². The molecule has 31 heavy (non-hydrogen) atoms. The van der Waals surface area contributed by atoms with E-state index in [1.807, 2.05) is 39.8 Å². The highest BCUT2D eigenvalue weighted by atomic mass is 16.5. The van der Waals surface area contributed by atoms with Gasteiger partial charge in [-0.05, 0) is 57.0 Å². The van der Waals surface area contributed by atoms with Gasteiger partial charge < -0.3 is 15.0 Å². The number of hydrogen-bond donors (Lipinski definition) is 1. The van der Waals surface area contributed by atoms with Crippen molar-refractivity contribution in [3.63, 3.8) is 0 Å². The van der Waals surface area contributed by atoms with Gasteiger partial charge in [-0.1, -0.05) is 29.8 Å². The fourth-order valence-corrected chi connectivity index (χ4v) is 3.87. The maximum Gasteiger partial charge on any atom is 0.274 e. The standard InChI is InChI=1S/C24H29N5O2/c1-16-5-10-22(17(2)15-16)29-26-19(4)23(27-29)24(30)25-18(3)20-6-8-21(9-7-20)28-11-13-31-14-12-28/h5-10,15,18H,11-14H2,1-4H3,(H,25,30). The first-order valence-electron chi connectivity index (χ1n) is 10.7. The molecule has 1 aromatic heterocycles. The Morgan fingerprint density at radius 1 is 1.03 bits per heavy atom. The van der Waals surface area contributed by atoms with E-state index >= 15 is 0 Å². The van der Waals surface area contributed by atoms with Gasteiger partial charge in [-0.15, -0.1) is 5.10 Å². The highest BCUT2D eigenvalue weighted by molar-refractivity contribution is 5.93. The summed E-state index contributed by atoms with van der Waals surface area (Å²) in [4.78, 5) is 16.8. The number of morpholine rings is 1. The molecule has 0 spiro atoms. The molecule has 1 fully saturated rings. The molecule has 1 saturated heterocycles. The van der Waals surface area contributed by atoms with Gasteiger partial charge in [0.1, 0.15) is 0 Å². The van der Waals surface area contributed by atoms with Crippen molar-refractivity contribution in [1.82, 2.24) is 20.3 Å². The first-order valence-corrected chi connectivity index (χ1v) is 10.7. The van der Waals surface area contributed by atoms with E-state index in [1.165, 1.54) is 11.3 Å². The van der Waals surface area contributed by atoms with Crippen molar-refractivity contribution in [2.24, 2.45) is 0 Å². The Bertz CT molecular complexity index is 1070. The van der Waals surface area contributed by atoms with Crippen LogP contribution in [0.2, 0.25) is 0 Å². The molecule has 1 unspecified atom stereocenters. The van der Waals surface area contributed by atoms with E-state index < -0.39 is 0 Å². The number of aryl methyl sites for hydroxylation is 3. The first kappa shape index (κ1) is 21.1. The van der Waals surface area contributed by atoms with Crippen molar-refractivity contribution in [3.8, 4) is 5.69 Å². The number of ether oxygens (including phenoxy) is 1. The van der Waals surface area contributed by atoms with Crippen LogP contribution in [-0.4, -0.2) is 47.2 Å². The summed E-state index contributed by atoms with van der Waals surface area (Å²) in [5.41, 5.74) is 6.29. The molecule has 0 radical (unpaired) electrons. The molecule has 3 aromatic rings. The zero-order chi connectivity index (χ0) is 22.0. The summed E-state index contributed by atoms with van der Waals surface area (Å²) in [6.07, 6.45) is 0. The summed E-state index contributed by atoms with van der Waals surface area (Å²) in [5, 5.41) is 12.0. The third-order valence-corrected chi connectivity index (χ3v) is 5.68. The van der Waals surface area contributed by atoms with Crippen molar-refractivity contribution in [3.05, 3.63) is 70.5 Å². The van der Waals surface area contributed by atoms with Crippen LogP contribution >= 0.6 is 0 Å². The lowest BCUT2D eigenvalue weighted by Crippen LogP contribution is -2.36. The average Bonchev–Trinajstić information content (AvgIpc) is 3.16. The number of carbonyl (C=O) groups excluding carboxylic acids is 1. The average molecular weight is 420 g/mol. The topological polar surface area (TPSA) is 72.3 Å². The van der Waals surface area contributed by atoms with Crippen LogP contribution in [-0.2, 0) is 4.74 Å². The maximum atomic E-state index is 12.9. The maximum absolute atomic E-state index is 12.9. The fraction of sp³-hybridized carbons (Fsp3) is 0.375. The summed E-state index contributed by atoms with van der Waals surface area (Å²) >= 11 is 0. The molecule has 0 saturated carbocycles. The number of aromatic nitrogens is 3. The number of rotatable bonds is 5. The molecule has 1 aliphatic heterocycles. The molecule has 0 aliphatic carbocycles. The minimum atomic E-state index is -0.224. The van der Waals surface area contributed by atoms with Crippen molar-refractivity contribution in [2.75, 3.05) is 31.2 Å². The third kappa shape index (κ3) is 4.61. The van der Waals surface area contributed by atoms with Crippen LogP contribution in [0.15, 0.2) is 42.5 Å². The highest BCUT2D eigenvalue weighted by Crippen LogP contribution is 2.21. The van der Waals surface area contributed by atoms with Gasteiger partial charge in [0, 0.05) is 18.8 Å². The largest absolute Gasteiger partial charge is 0.378 e. The zero-order valence-corrected chi connectivity index (χ0v) is 18.6. The van der Waals surface area contributed by atoms with E-state index in [2.05, 4.69) is 50.7 Å². The van der Waals surface area contributed by atoms with Gasteiger partial charge in [-0.2, -0.15) is 9.90 Å². The second-order valence-electron chi connectivity index (χ2n) is 8.10. The summed E-state index contributed by atoms with van der Waals surface area (Å²) in [7, 11) is 0. The highest BCUT2D eigenvalue weighted by Gasteiger charge is 2.20. The molecule has 1 atom stereocenters. The summed E-state index contributed by atoms with van der Waals surface area (Å²) in [6, 6.07) is 14.3. The minimum absolute atomic E-state index is 0.142. The lowest BCUT2D eigenvalue weighted by atomic mass is 10.1. The summed E-state index contributed by atoms with van der Waals surface area (Å²) in [5.74, 6) is -0.224. The molecule has 0 bridgehead atoms. The smallest absolute Gasteiger partial charge is 0.274 e. The number of anilines is 1. The molecule has 2 aromatic carbocycles. The SMILES string of the molecule is Cc1ccc(-n2nc(C)c(C(=O)NC(C)c3ccc(N4CCOCC4)cc3)n2)c(C)c1. The van der Waals surface area contributed by atoms with Gasteiger partial charge in [-0.25, -0.2) is 0 Å². The van der Waals surface area contributed by atoms with Gasteiger partial charge in [0.25, 0.3) is 5.91 Å². The molecular formula is C24H29N5O2. The number of nitrogens with one attached hydrogen (secondary N) is 1. The zero-order valence-electron chi connectivity index (χ0n) is 18.6. The Hall–Kier alpha value is -3.19. The molecule has 7 nitrogen and oxygen atoms in total. The first-order chi connectivity index (χ1) is 14.9. The lowest BCUT2D eigenvalue weighted by molar-refractivity contribution is 0.0933. The van der Waals surface area contributed by atoms with Crippen LogP contribution in [0.25, 0.3) is 5.69 Å². The van der Waals surface area contributed by atoms with Crippen LogP contribution < -0.4 is 10.2 Å². The van der Waals surface area contributed by atoms with E-state index in [1.54, 1.807) is 4.80 Å². The van der Waals surface area contributed by atoms with Crippen LogP contribution in [0.1, 0.15) is 45.8 Å². The second-order valence-corrected chi connectivity index (χ2v) is 8.10. The van der Waals surface area contributed by atoms with Gasteiger partial charge in [0.15, 0.2) is 5.69 Å². The number of amides is 1. The monoisotopic (exact) mass is 419 g/mol. The molecule has 1 amide bonds. The van der Waals surface area contributed by atoms with E-state index in [9.17, 15) is 4.79 Å². The molecule has 1 N–H and O–H groups in total. The van der Waals surface area contributed by atoms with E-state index in [0.717, 1.165) is 43.1 Å².